The van der Waals surface area contributed by atoms with Gasteiger partial charge >= 0.3 is 12.0 Å². The average Bonchev–Trinajstić information content (AvgIpc) is 3.48. The maximum atomic E-state index is 13.3. The number of nitrogens with one attached hydrogen (secondary N) is 1. The number of urea groups is 1. The molecule has 2 saturated heterocycles. The van der Waals surface area contributed by atoms with E-state index in [-0.39, 0.29) is 29.8 Å². The third-order valence-corrected chi connectivity index (χ3v) is 9.77. The summed E-state index contributed by atoms with van der Waals surface area (Å²) in [5, 5.41) is 18.0. The first-order chi connectivity index (χ1) is 19.9. The van der Waals surface area contributed by atoms with Crippen LogP contribution in [0.15, 0.2) is 40.9 Å². The highest BCUT2D eigenvalue weighted by atomic mass is 35.5. The van der Waals surface area contributed by atoms with E-state index in [1.807, 2.05) is 4.90 Å². The Morgan fingerprint density at radius 2 is 1.83 bits per heavy atom. The number of thiazole rings is 1. The lowest BCUT2D eigenvalue weighted by Gasteiger charge is -2.38. The molecule has 7 rings (SSSR count). The summed E-state index contributed by atoms with van der Waals surface area (Å²) in [4.78, 5) is 31.0. The maximum Gasteiger partial charge on any atom is 0.335 e. The van der Waals surface area contributed by atoms with Gasteiger partial charge in [0.15, 0.2) is 5.13 Å². The lowest BCUT2D eigenvalue weighted by atomic mass is 9.99. The van der Waals surface area contributed by atoms with Crippen LogP contribution in [0.1, 0.15) is 66.1 Å². The molecule has 0 spiro atoms. The molecule has 2 amide bonds. The number of nitrogens with zero attached hydrogens (tertiary/aromatic N) is 3. The van der Waals surface area contributed by atoms with E-state index in [1.165, 1.54) is 17.4 Å². The minimum atomic E-state index is -0.996. The number of aromatic carboxylic acids is 1. The van der Waals surface area contributed by atoms with Gasteiger partial charge in [0.2, 0.25) is 0 Å². The topological polar surface area (TPSA) is 118 Å². The molecule has 2 unspecified atom stereocenters. The quantitative estimate of drug-likeness (QED) is 0.221. The number of piperidine rings is 1. The predicted molar refractivity (Wildman–Crippen MR) is 156 cm³/mol. The van der Waals surface area contributed by atoms with Gasteiger partial charge in [-0.05, 0) is 68.9 Å². The van der Waals surface area contributed by atoms with Gasteiger partial charge < -0.3 is 19.3 Å². The van der Waals surface area contributed by atoms with E-state index in [0.717, 1.165) is 49.8 Å². The number of fused-ring (bicyclic) bond motifs is 3. The number of carbonyl (C=O) groups excluding carboxylic acids is 1. The van der Waals surface area contributed by atoms with E-state index in [2.05, 4.69) is 15.5 Å². The van der Waals surface area contributed by atoms with Crippen LogP contribution in [0, 0.1) is 0 Å². The van der Waals surface area contributed by atoms with Gasteiger partial charge in [0.1, 0.15) is 11.5 Å². The molecular weight excluding hydrogens is 587 g/mol. The zero-order chi connectivity index (χ0) is 28.2. The van der Waals surface area contributed by atoms with Gasteiger partial charge in [-0.25, -0.2) is 14.6 Å². The molecule has 3 aliphatic rings. The summed E-state index contributed by atoms with van der Waals surface area (Å²) in [7, 11) is 0. The maximum absolute atomic E-state index is 13.3. The number of halogens is 2. The molecule has 4 heterocycles. The van der Waals surface area contributed by atoms with E-state index in [1.54, 1.807) is 30.3 Å². The number of aromatic nitrogens is 2. The van der Waals surface area contributed by atoms with E-state index in [9.17, 15) is 14.7 Å². The molecular formula is C29H26Cl2N4O5S. The van der Waals surface area contributed by atoms with Crippen molar-refractivity contribution in [1.29, 1.82) is 0 Å². The number of carboxylic acid groups (broad SMARTS) is 1. The molecule has 2 N–H and O–H groups in total. The summed E-state index contributed by atoms with van der Waals surface area (Å²) in [6.07, 6.45) is 5.41. The SMILES string of the molecule is O=C(O)c1ccc2nc(NC(=O)N3C4CCC3CC(OCc3c(-c5c(Cl)cccc5Cl)noc3C3CC3)C4)sc2c1. The minimum Gasteiger partial charge on any atom is -0.478 e. The van der Waals surface area contributed by atoms with Gasteiger partial charge in [0, 0.05) is 29.1 Å². The fourth-order valence-corrected chi connectivity index (χ4v) is 7.58. The van der Waals surface area contributed by atoms with Crippen molar-refractivity contribution in [3.63, 3.8) is 0 Å². The van der Waals surface area contributed by atoms with Crippen molar-refractivity contribution in [2.45, 2.75) is 69.2 Å². The highest BCUT2D eigenvalue weighted by molar-refractivity contribution is 7.22. The second kappa shape index (κ2) is 10.6. The number of anilines is 1. The van der Waals surface area contributed by atoms with E-state index < -0.39 is 5.97 Å². The summed E-state index contributed by atoms with van der Waals surface area (Å²) in [5.74, 6) is 0.197. The van der Waals surface area contributed by atoms with E-state index >= 15 is 0 Å². The van der Waals surface area contributed by atoms with Gasteiger partial charge in [-0.3, -0.25) is 5.32 Å². The number of hydrogen-bond acceptors (Lipinski definition) is 7. The Labute approximate surface area is 249 Å². The molecule has 2 atom stereocenters. The minimum absolute atomic E-state index is 0.00930. The number of carboxylic acids is 1. The largest absolute Gasteiger partial charge is 0.478 e. The Morgan fingerprint density at radius 1 is 1.10 bits per heavy atom. The number of hydrogen-bond donors (Lipinski definition) is 2. The lowest BCUT2D eigenvalue weighted by molar-refractivity contribution is -0.0158. The zero-order valence-electron chi connectivity index (χ0n) is 21.8. The normalized spacial score (nSPS) is 21.9. The molecule has 1 aliphatic carbocycles. The Bertz CT molecular complexity index is 1630. The first-order valence-electron chi connectivity index (χ1n) is 13.6. The van der Waals surface area contributed by atoms with E-state index in [4.69, 9.17) is 32.5 Å². The zero-order valence-corrected chi connectivity index (χ0v) is 24.1. The van der Waals surface area contributed by atoms with Crippen LogP contribution in [0.5, 0.6) is 0 Å². The number of amides is 2. The third kappa shape index (κ3) is 5.07. The second-order valence-electron chi connectivity index (χ2n) is 10.9. The molecule has 12 heteroatoms. The van der Waals surface area contributed by atoms with Crippen LogP contribution in [0.2, 0.25) is 10.0 Å². The summed E-state index contributed by atoms with van der Waals surface area (Å²) >= 11 is 14.3. The number of carbonyl (C=O) groups is 2. The number of benzene rings is 2. The molecule has 3 fully saturated rings. The van der Waals surface area contributed by atoms with E-state index in [0.29, 0.717) is 49.2 Å². The van der Waals surface area contributed by atoms with Gasteiger partial charge in [0.25, 0.3) is 0 Å². The number of rotatable bonds is 7. The van der Waals surface area contributed by atoms with Crippen LogP contribution in [-0.4, -0.2) is 50.3 Å². The van der Waals surface area contributed by atoms with Crippen LogP contribution < -0.4 is 5.32 Å². The Kier molecular flexibility index (Phi) is 6.89. The summed E-state index contributed by atoms with van der Waals surface area (Å²) in [6.45, 7) is 0.340. The fourth-order valence-electron chi connectivity index (χ4n) is 6.11. The van der Waals surface area contributed by atoms with Crippen molar-refractivity contribution in [3.8, 4) is 11.3 Å². The molecule has 1 saturated carbocycles. The predicted octanol–water partition coefficient (Wildman–Crippen LogP) is 7.58. The van der Waals surface area contributed by atoms with Gasteiger partial charge in [-0.2, -0.15) is 0 Å². The van der Waals surface area contributed by atoms with Crippen molar-refractivity contribution in [3.05, 3.63) is 63.3 Å². The highest BCUT2D eigenvalue weighted by Gasteiger charge is 2.44. The monoisotopic (exact) mass is 612 g/mol. The smallest absolute Gasteiger partial charge is 0.335 e. The van der Waals surface area contributed by atoms with Crippen molar-refractivity contribution in [2.75, 3.05) is 5.32 Å². The Morgan fingerprint density at radius 3 is 2.51 bits per heavy atom. The molecule has 0 radical (unpaired) electrons. The second-order valence-corrected chi connectivity index (χ2v) is 12.7. The molecule has 2 aliphatic heterocycles. The Hall–Kier alpha value is -3.18. The van der Waals surface area contributed by atoms with Crippen molar-refractivity contribution in [2.24, 2.45) is 0 Å². The van der Waals surface area contributed by atoms with Crippen molar-refractivity contribution < 1.29 is 24.0 Å². The van der Waals surface area contributed by atoms with Gasteiger partial charge in [-0.15, -0.1) is 0 Å². The third-order valence-electron chi connectivity index (χ3n) is 8.20. The molecule has 2 aromatic carbocycles. The van der Waals surface area contributed by atoms with Crippen LogP contribution in [-0.2, 0) is 11.3 Å². The first-order valence-corrected chi connectivity index (χ1v) is 15.2. The van der Waals surface area contributed by atoms with Crippen molar-refractivity contribution in [1.82, 2.24) is 15.0 Å². The van der Waals surface area contributed by atoms with Gasteiger partial charge in [-0.1, -0.05) is 45.8 Å². The molecule has 9 nitrogen and oxygen atoms in total. The standard InChI is InChI=1S/C29H26Cl2N4O5S/c30-20-2-1-3-21(31)24(20)25-19(26(40-34-25)14-4-5-14)13-39-18-11-16-7-8-17(12-18)35(16)29(38)33-28-32-22-9-6-15(27(36)37)10-23(22)41-28/h1-3,6,9-10,14,16-18H,4-5,7-8,11-13H2,(H,36,37)(H,32,33,38). The van der Waals surface area contributed by atoms with Gasteiger partial charge in [0.05, 0.1) is 38.5 Å². The van der Waals surface area contributed by atoms with Crippen LogP contribution in [0.25, 0.3) is 21.5 Å². The molecule has 41 heavy (non-hydrogen) atoms. The highest BCUT2D eigenvalue weighted by Crippen LogP contribution is 2.46. The molecule has 212 valence electrons. The van der Waals surface area contributed by atoms with Crippen LogP contribution >= 0.6 is 34.5 Å². The first kappa shape index (κ1) is 26.7. The summed E-state index contributed by atoms with van der Waals surface area (Å²) in [6, 6.07) is 10.1. The molecule has 4 aromatic rings. The van der Waals surface area contributed by atoms with Crippen molar-refractivity contribution >= 4 is 61.9 Å². The van der Waals surface area contributed by atoms with Crippen LogP contribution in [0.4, 0.5) is 9.93 Å². The fraction of sp³-hybridized carbons (Fsp3) is 0.379. The Balaban J connectivity index is 1.04. The van der Waals surface area contributed by atoms with Crippen LogP contribution in [0.3, 0.4) is 0 Å². The average molecular weight is 614 g/mol. The molecule has 2 aromatic heterocycles. The lowest BCUT2D eigenvalue weighted by Crippen LogP contribution is -2.50. The summed E-state index contributed by atoms with van der Waals surface area (Å²) < 4.78 is 13.0. The summed E-state index contributed by atoms with van der Waals surface area (Å²) in [5.41, 5.74) is 3.04. The molecule has 2 bridgehead atoms. The number of ether oxygens (including phenoxy) is 1.